The van der Waals surface area contributed by atoms with Crippen LogP contribution in [0.15, 0.2) is 24.3 Å². The molecule has 3 rings (SSSR count). The Balaban J connectivity index is 1.72. The highest BCUT2D eigenvalue weighted by atomic mass is 15.2. The zero-order valence-corrected chi connectivity index (χ0v) is 9.78. The van der Waals surface area contributed by atoms with Crippen LogP contribution < -0.4 is 5.32 Å². The van der Waals surface area contributed by atoms with Crippen LogP contribution in [0.25, 0.3) is 0 Å². The summed E-state index contributed by atoms with van der Waals surface area (Å²) in [5.41, 5.74) is 3.16. The van der Waals surface area contributed by atoms with Crippen LogP contribution in [0.1, 0.15) is 17.5 Å². The normalized spacial score (nSPS) is 26.4. The van der Waals surface area contributed by atoms with Gasteiger partial charge in [-0.25, -0.2) is 0 Å². The van der Waals surface area contributed by atoms with Gasteiger partial charge in [-0.3, -0.25) is 4.90 Å². The highest BCUT2D eigenvalue weighted by Crippen LogP contribution is 2.24. The van der Waals surface area contributed by atoms with Crippen molar-refractivity contribution in [1.29, 1.82) is 0 Å². The van der Waals surface area contributed by atoms with Crippen molar-refractivity contribution in [3.63, 3.8) is 0 Å². The third-order valence-corrected chi connectivity index (χ3v) is 3.99. The molecule has 2 nitrogen and oxygen atoms in total. The lowest BCUT2D eigenvalue weighted by atomic mass is 9.87. The topological polar surface area (TPSA) is 15.3 Å². The van der Waals surface area contributed by atoms with Crippen LogP contribution in [0.5, 0.6) is 0 Å². The Kier molecular flexibility index (Phi) is 2.94. The van der Waals surface area contributed by atoms with Gasteiger partial charge in [0.25, 0.3) is 0 Å². The third-order valence-electron chi connectivity index (χ3n) is 3.99. The molecule has 1 saturated heterocycles. The van der Waals surface area contributed by atoms with Gasteiger partial charge in [-0.1, -0.05) is 24.3 Å². The highest BCUT2D eigenvalue weighted by molar-refractivity contribution is 5.30. The van der Waals surface area contributed by atoms with Crippen LogP contribution in [-0.4, -0.2) is 37.1 Å². The van der Waals surface area contributed by atoms with E-state index in [0.717, 1.165) is 19.1 Å². The second-order valence-corrected chi connectivity index (χ2v) is 4.95. The van der Waals surface area contributed by atoms with Crippen LogP contribution in [0.3, 0.4) is 0 Å². The molecule has 1 fully saturated rings. The Morgan fingerprint density at radius 1 is 1.06 bits per heavy atom. The number of piperazine rings is 1. The van der Waals surface area contributed by atoms with Crippen molar-refractivity contribution in [3.05, 3.63) is 35.4 Å². The number of nitrogens with one attached hydrogen (secondary N) is 1. The molecule has 2 aliphatic rings. The van der Waals surface area contributed by atoms with Crippen LogP contribution in [-0.2, 0) is 12.8 Å². The largest absolute Gasteiger partial charge is 0.314 e. The van der Waals surface area contributed by atoms with Gasteiger partial charge in [0, 0.05) is 32.2 Å². The Bertz CT molecular complexity index is 356. The van der Waals surface area contributed by atoms with E-state index in [-0.39, 0.29) is 0 Å². The Labute approximate surface area is 97.6 Å². The highest BCUT2D eigenvalue weighted by Gasteiger charge is 2.24. The Hall–Kier alpha value is -0.860. The van der Waals surface area contributed by atoms with E-state index in [1.165, 1.54) is 32.4 Å². The number of benzene rings is 1. The number of aryl methyl sites for hydroxylation is 1. The molecular weight excluding hydrogens is 196 g/mol. The van der Waals surface area contributed by atoms with Crippen molar-refractivity contribution >= 4 is 0 Å². The monoisotopic (exact) mass is 216 g/mol. The lowest BCUT2D eigenvalue weighted by Crippen LogP contribution is -2.50. The van der Waals surface area contributed by atoms with Gasteiger partial charge < -0.3 is 5.32 Å². The van der Waals surface area contributed by atoms with E-state index >= 15 is 0 Å². The fourth-order valence-corrected chi connectivity index (χ4v) is 3.04. The van der Waals surface area contributed by atoms with E-state index in [1.807, 2.05) is 0 Å². The molecule has 0 aromatic heterocycles. The second kappa shape index (κ2) is 4.56. The number of hydrogen-bond acceptors (Lipinski definition) is 2. The molecule has 1 N–H and O–H groups in total. The van der Waals surface area contributed by atoms with Crippen LogP contribution in [0, 0.1) is 0 Å². The summed E-state index contributed by atoms with van der Waals surface area (Å²) in [6.45, 7) is 4.79. The molecule has 0 saturated carbocycles. The summed E-state index contributed by atoms with van der Waals surface area (Å²) in [7, 11) is 0. The van der Waals surface area contributed by atoms with Gasteiger partial charge >= 0.3 is 0 Å². The molecule has 0 spiro atoms. The average molecular weight is 216 g/mol. The van der Waals surface area contributed by atoms with E-state index < -0.39 is 0 Å². The number of hydrogen-bond donors (Lipinski definition) is 1. The van der Waals surface area contributed by atoms with Crippen molar-refractivity contribution in [2.24, 2.45) is 0 Å². The fraction of sp³-hybridized carbons (Fsp3) is 0.571. The number of fused-ring (bicyclic) bond motifs is 1. The Morgan fingerprint density at radius 2 is 1.81 bits per heavy atom. The lowest BCUT2D eigenvalue weighted by Gasteiger charge is -2.37. The minimum Gasteiger partial charge on any atom is -0.314 e. The molecule has 1 heterocycles. The molecule has 86 valence electrons. The summed E-state index contributed by atoms with van der Waals surface area (Å²) >= 11 is 0. The van der Waals surface area contributed by atoms with Crippen LogP contribution in [0.4, 0.5) is 0 Å². The fourth-order valence-electron chi connectivity index (χ4n) is 3.04. The quantitative estimate of drug-likeness (QED) is 0.764. The Morgan fingerprint density at radius 3 is 2.62 bits per heavy atom. The zero-order chi connectivity index (χ0) is 10.8. The molecule has 1 aliphatic carbocycles. The van der Waals surface area contributed by atoms with Crippen molar-refractivity contribution in [3.8, 4) is 0 Å². The molecular formula is C14H20N2. The van der Waals surface area contributed by atoms with Crippen molar-refractivity contribution in [1.82, 2.24) is 10.2 Å². The molecule has 0 amide bonds. The molecule has 1 aromatic carbocycles. The summed E-state index contributed by atoms with van der Waals surface area (Å²) in [6, 6.07) is 9.74. The summed E-state index contributed by atoms with van der Waals surface area (Å²) in [6.07, 6.45) is 3.87. The van der Waals surface area contributed by atoms with E-state index in [1.54, 1.807) is 11.1 Å². The zero-order valence-electron chi connectivity index (χ0n) is 9.78. The van der Waals surface area contributed by atoms with Gasteiger partial charge in [0.1, 0.15) is 0 Å². The van der Waals surface area contributed by atoms with E-state index in [2.05, 4.69) is 34.5 Å². The molecule has 1 aromatic rings. The molecule has 1 aliphatic heterocycles. The number of rotatable bonds is 1. The molecule has 0 bridgehead atoms. The van der Waals surface area contributed by atoms with E-state index in [9.17, 15) is 0 Å². The predicted octanol–water partition coefficient (Wildman–Crippen LogP) is 1.45. The minimum absolute atomic E-state index is 0.789. The van der Waals surface area contributed by atoms with Gasteiger partial charge in [-0.2, -0.15) is 0 Å². The maximum absolute atomic E-state index is 3.43. The van der Waals surface area contributed by atoms with Crippen LogP contribution >= 0.6 is 0 Å². The SMILES string of the molecule is c1ccc2c(c1)CC[C@H](N1CCNCC1)C2. The average Bonchev–Trinajstić information content (AvgIpc) is 2.39. The van der Waals surface area contributed by atoms with Crippen molar-refractivity contribution in [2.45, 2.75) is 25.3 Å². The first kappa shape index (κ1) is 10.3. The maximum atomic E-state index is 3.43. The third kappa shape index (κ3) is 2.00. The number of nitrogens with zero attached hydrogens (tertiary/aromatic N) is 1. The second-order valence-electron chi connectivity index (χ2n) is 4.95. The maximum Gasteiger partial charge on any atom is 0.0140 e. The van der Waals surface area contributed by atoms with Crippen LogP contribution in [0.2, 0.25) is 0 Å². The van der Waals surface area contributed by atoms with Gasteiger partial charge in [0.2, 0.25) is 0 Å². The smallest absolute Gasteiger partial charge is 0.0140 e. The van der Waals surface area contributed by atoms with Gasteiger partial charge in [0.15, 0.2) is 0 Å². The van der Waals surface area contributed by atoms with Gasteiger partial charge in [-0.15, -0.1) is 0 Å². The van der Waals surface area contributed by atoms with E-state index in [0.29, 0.717) is 0 Å². The molecule has 0 radical (unpaired) electrons. The summed E-state index contributed by atoms with van der Waals surface area (Å²) in [5.74, 6) is 0. The van der Waals surface area contributed by atoms with E-state index in [4.69, 9.17) is 0 Å². The minimum atomic E-state index is 0.789. The molecule has 0 unspecified atom stereocenters. The molecule has 2 heteroatoms. The first-order chi connectivity index (χ1) is 7.93. The summed E-state index contributed by atoms with van der Waals surface area (Å²) in [4.78, 5) is 2.67. The summed E-state index contributed by atoms with van der Waals surface area (Å²) < 4.78 is 0. The lowest BCUT2D eigenvalue weighted by molar-refractivity contribution is 0.159. The van der Waals surface area contributed by atoms with Crippen molar-refractivity contribution < 1.29 is 0 Å². The molecule has 1 atom stereocenters. The standard InChI is InChI=1S/C14H20N2/c1-2-4-13-11-14(6-5-12(13)3-1)16-9-7-15-8-10-16/h1-4,14-15H,5-11H2/t14-/m0/s1. The molecule has 16 heavy (non-hydrogen) atoms. The van der Waals surface area contributed by atoms with Gasteiger partial charge in [0.05, 0.1) is 0 Å². The van der Waals surface area contributed by atoms with Crippen molar-refractivity contribution in [2.75, 3.05) is 26.2 Å². The summed E-state index contributed by atoms with van der Waals surface area (Å²) in [5, 5.41) is 3.43. The predicted molar refractivity (Wildman–Crippen MR) is 66.7 cm³/mol. The first-order valence-electron chi connectivity index (χ1n) is 6.45. The van der Waals surface area contributed by atoms with Gasteiger partial charge in [-0.05, 0) is 30.4 Å². The first-order valence-corrected chi connectivity index (χ1v) is 6.45.